The number of nitrogens with zero attached hydrogens (tertiary/aromatic N) is 3. The number of hydrogen-bond donors (Lipinski definition) is 1. The number of phenolic OH excluding ortho intramolecular Hbond substituents is 1. The van der Waals surface area contributed by atoms with E-state index >= 15 is 0 Å². The van der Waals surface area contributed by atoms with E-state index < -0.39 is 0 Å². The van der Waals surface area contributed by atoms with Crippen molar-refractivity contribution in [2.75, 3.05) is 0 Å². The van der Waals surface area contributed by atoms with Crippen LogP contribution in [-0.2, 0) is 0 Å². The van der Waals surface area contributed by atoms with Crippen molar-refractivity contribution in [1.82, 2.24) is 14.5 Å². The molecule has 0 aliphatic rings. The highest BCUT2D eigenvalue weighted by molar-refractivity contribution is 5.87. The molecule has 0 spiro atoms. The lowest BCUT2D eigenvalue weighted by Crippen LogP contribution is -2.04. The fraction of sp³-hybridized carbons (Fsp3) is 0.158. The highest BCUT2D eigenvalue weighted by Gasteiger charge is 2.16. The molecule has 0 amide bonds. The molecule has 0 fully saturated rings. The van der Waals surface area contributed by atoms with Gasteiger partial charge in [-0.1, -0.05) is 30.3 Å². The van der Waals surface area contributed by atoms with E-state index in [-0.39, 0.29) is 11.8 Å². The second-order valence-corrected chi connectivity index (χ2v) is 5.93. The summed E-state index contributed by atoms with van der Waals surface area (Å²) in [5.41, 5.74) is 3.42. The summed E-state index contributed by atoms with van der Waals surface area (Å²) in [7, 11) is 0. The van der Waals surface area contributed by atoms with Crippen LogP contribution in [0.25, 0.3) is 33.5 Å². The lowest BCUT2D eigenvalue weighted by molar-refractivity contribution is 0.480. The first-order chi connectivity index (χ1) is 11.1. The van der Waals surface area contributed by atoms with Crippen molar-refractivity contribution >= 4 is 21.9 Å². The molecule has 0 aliphatic carbocycles. The van der Waals surface area contributed by atoms with Crippen molar-refractivity contribution < 1.29 is 5.11 Å². The van der Waals surface area contributed by atoms with Gasteiger partial charge in [-0.2, -0.15) is 0 Å². The van der Waals surface area contributed by atoms with Crippen LogP contribution in [0.15, 0.2) is 54.6 Å². The first kappa shape index (κ1) is 13.8. The zero-order chi connectivity index (χ0) is 16.0. The van der Waals surface area contributed by atoms with Gasteiger partial charge in [-0.25, -0.2) is 9.97 Å². The van der Waals surface area contributed by atoms with Gasteiger partial charge in [0, 0.05) is 11.4 Å². The topological polar surface area (TPSA) is 50.9 Å². The third kappa shape index (κ3) is 2.14. The molecule has 0 unspecified atom stereocenters. The van der Waals surface area contributed by atoms with E-state index in [1.54, 1.807) is 6.07 Å². The molecule has 2 heterocycles. The summed E-state index contributed by atoms with van der Waals surface area (Å²) in [4.78, 5) is 9.41. The molecular formula is C19H17N3O. The second-order valence-electron chi connectivity index (χ2n) is 5.93. The molecule has 0 saturated carbocycles. The van der Waals surface area contributed by atoms with Gasteiger partial charge in [-0.15, -0.1) is 0 Å². The van der Waals surface area contributed by atoms with Gasteiger partial charge in [0.25, 0.3) is 0 Å². The summed E-state index contributed by atoms with van der Waals surface area (Å²) in [6.45, 7) is 4.27. The first-order valence-electron chi connectivity index (χ1n) is 7.71. The monoisotopic (exact) mass is 303 g/mol. The Kier molecular flexibility index (Phi) is 3.05. The quantitative estimate of drug-likeness (QED) is 0.591. The third-order valence-corrected chi connectivity index (χ3v) is 4.04. The van der Waals surface area contributed by atoms with Gasteiger partial charge in [-0.05, 0) is 38.1 Å². The predicted molar refractivity (Wildman–Crippen MR) is 92.5 cm³/mol. The van der Waals surface area contributed by atoms with Gasteiger partial charge in [0.05, 0.1) is 11.0 Å². The lowest BCUT2D eigenvalue weighted by Gasteiger charge is -2.13. The number of aromatic hydroxyl groups is 1. The fourth-order valence-corrected chi connectivity index (χ4v) is 3.00. The van der Waals surface area contributed by atoms with Gasteiger partial charge in [0.2, 0.25) is 0 Å². The Balaban J connectivity index is 2.02. The normalized spacial score (nSPS) is 11.6. The van der Waals surface area contributed by atoms with Crippen molar-refractivity contribution in [3.63, 3.8) is 0 Å². The van der Waals surface area contributed by atoms with Crippen LogP contribution in [0.3, 0.4) is 0 Å². The van der Waals surface area contributed by atoms with E-state index in [2.05, 4.69) is 29.5 Å². The number of phenols is 1. The number of hydrogen-bond acceptors (Lipinski definition) is 3. The van der Waals surface area contributed by atoms with E-state index in [1.165, 1.54) is 0 Å². The Labute approximate surface area is 134 Å². The number of aromatic nitrogens is 3. The highest BCUT2D eigenvalue weighted by Crippen LogP contribution is 2.30. The van der Waals surface area contributed by atoms with Crippen molar-refractivity contribution in [3.8, 4) is 17.3 Å². The van der Waals surface area contributed by atoms with Gasteiger partial charge in [0.1, 0.15) is 17.0 Å². The van der Waals surface area contributed by atoms with Crippen molar-refractivity contribution in [1.29, 1.82) is 0 Å². The Morgan fingerprint density at radius 1 is 0.913 bits per heavy atom. The number of fused-ring (bicyclic) bond motifs is 2. The van der Waals surface area contributed by atoms with Gasteiger partial charge < -0.3 is 9.67 Å². The number of pyridine rings is 1. The molecule has 1 N–H and O–H groups in total. The number of rotatable bonds is 2. The Morgan fingerprint density at radius 3 is 2.57 bits per heavy atom. The van der Waals surface area contributed by atoms with Crippen LogP contribution in [0, 0.1) is 0 Å². The zero-order valence-electron chi connectivity index (χ0n) is 13.1. The van der Waals surface area contributed by atoms with Crippen LogP contribution >= 0.6 is 0 Å². The maximum absolute atomic E-state index is 10.1. The molecule has 2 aromatic carbocycles. The van der Waals surface area contributed by atoms with E-state index in [9.17, 15) is 5.11 Å². The van der Waals surface area contributed by atoms with Crippen molar-refractivity contribution in [2.45, 2.75) is 19.9 Å². The molecule has 23 heavy (non-hydrogen) atoms. The molecule has 0 saturated heterocycles. The van der Waals surface area contributed by atoms with Crippen LogP contribution in [0.2, 0.25) is 0 Å². The lowest BCUT2D eigenvalue weighted by atomic mass is 10.2. The minimum atomic E-state index is 0.191. The summed E-state index contributed by atoms with van der Waals surface area (Å²) in [6.07, 6.45) is 0. The standard InChI is InChI=1S/C19H17N3O/c1-12(2)22-16-8-4-3-7-14(16)21-19(22)15-11-10-13-6-5-9-17(23)18(13)20-15/h3-12,23H,1-2H3. The Hall–Kier alpha value is -2.88. The molecule has 4 nitrogen and oxygen atoms in total. The van der Waals surface area contributed by atoms with Crippen molar-refractivity contribution in [2.24, 2.45) is 0 Å². The van der Waals surface area contributed by atoms with Gasteiger partial charge in [-0.3, -0.25) is 0 Å². The van der Waals surface area contributed by atoms with Crippen molar-refractivity contribution in [3.05, 3.63) is 54.6 Å². The molecule has 2 aromatic heterocycles. The fourth-order valence-electron chi connectivity index (χ4n) is 3.00. The zero-order valence-corrected chi connectivity index (χ0v) is 13.1. The largest absolute Gasteiger partial charge is 0.506 e. The summed E-state index contributed by atoms with van der Waals surface area (Å²) in [5, 5.41) is 11.0. The van der Waals surface area contributed by atoms with E-state index in [0.717, 1.165) is 27.9 Å². The summed E-state index contributed by atoms with van der Waals surface area (Å²) >= 11 is 0. The molecule has 0 atom stereocenters. The Bertz CT molecular complexity index is 1020. The molecule has 114 valence electrons. The SMILES string of the molecule is CC(C)n1c(-c2ccc3cccc(O)c3n2)nc2ccccc21. The maximum Gasteiger partial charge on any atom is 0.160 e. The van der Waals surface area contributed by atoms with Gasteiger partial charge >= 0.3 is 0 Å². The smallest absolute Gasteiger partial charge is 0.160 e. The molecule has 0 aliphatic heterocycles. The minimum Gasteiger partial charge on any atom is -0.506 e. The average Bonchev–Trinajstić information content (AvgIpc) is 2.94. The summed E-state index contributed by atoms with van der Waals surface area (Å²) in [6, 6.07) is 17.7. The van der Waals surface area contributed by atoms with E-state index in [0.29, 0.717) is 5.52 Å². The van der Waals surface area contributed by atoms with Gasteiger partial charge in [0.15, 0.2) is 5.82 Å². The summed E-state index contributed by atoms with van der Waals surface area (Å²) < 4.78 is 2.18. The van der Waals surface area contributed by atoms with Crippen LogP contribution in [-0.4, -0.2) is 19.6 Å². The first-order valence-corrected chi connectivity index (χ1v) is 7.71. The maximum atomic E-state index is 10.1. The van der Waals surface area contributed by atoms with E-state index in [1.807, 2.05) is 42.5 Å². The number of imidazole rings is 1. The number of benzene rings is 2. The molecule has 4 rings (SSSR count). The molecule has 0 radical (unpaired) electrons. The minimum absolute atomic E-state index is 0.191. The van der Waals surface area contributed by atoms with Crippen LogP contribution in [0.5, 0.6) is 5.75 Å². The predicted octanol–water partition coefficient (Wildman–Crippen LogP) is 4.54. The van der Waals surface area contributed by atoms with E-state index in [4.69, 9.17) is 4.98 Å². The van der Waals surface area contributed by atoms with Crippen LogP contribution < -0.4 is 0 Å². The molecule has 0 bridgehead atoms. The summed E-state index contributed by atoms with van der Waals surface area (Å²) in [5.74, 6) is 1.02. The molecular weight excluding hydrogens is 286 g/mol. The van der Waals surface area contributed by atoms with Crippen LogP contribution in [0.4, 0.5) is 0 Å². The van der Waals surface area contributed by atoms with Crippen LogP contribution in [0.1, 0.15) is 19.9 Å². The molecule has 4 heteroatoms. The highest BCUT2D eigenvalue weighted by atomic mass is 16.3. The number of para-hydroxylation sites is 3. The Morgan fingerprint density at radius 2 is 1.74 bits per heavy atom. The second kappa shape index (κ2) is 5.09. The third-order valence-electron chi connectivity index (χ3n) is 4.04. The molecule has 4 aromatic rings. The average molecular weight is 303 g/mol.